The highest BCUT2D eigenvalue weighted by Crippen LogP contribution is 2.38. The van der Waals surface area contributed by atoms with Gasteiger partial charge in [-0.2, -0.15) is 11.8 Å². The van der Waals surface area contributed by atoms with Crippen molar-refractivity contribution in [3.05, 3.63) is 101 Å². The lowest BCUT2D eigenvalue weighted by molar-refractivity contribution is -0.137. The molecule has 36 heavy (non-hydrogen) atoms. The topological polar surface area (TPSA) is 49.9 Å². The fraction of sp³-hybridized carbons (Fsp3) is 0.333. The van der Waals surface area contributed by atoms with Crippen LogP contribution in [0.4, 0.5) is 0 Å². The second kappa shape index (κ2) is 10.8. The van der Waals surface area contributed by atoms with E-state index in [0.29, 0.717) is 17.9 Å². The van der Waals surface area contributed by atoms with Gasteiger partial charge in [0.1, 0.15) is 5.75 Å². The van der Waals surface area contributed by atoms with Gasteiger partial charge in [-0.15, -0.1) is 0 Å². The Morgan fingerprint density at radius 3 is 2.47 bits per heavy atom. The molecule has 0 saturated carbocycles. The summed E-state index contributed by atoms with van der Waals surface area (Å²) in [6.07, 6.45) is 0.213. The van der Waals surface area contributed by atoms with E-state index in [2.05, 4.69) is 31.2 Å². The van der Waals surface area contributed by atoms with Crippen LogP contribution in [0.5, 0.6) is 5.75 Å². The zero-order valence-corrected chi connectivity index (χ0v) is 21.7. The SMILES string of the molecule is Cc1cccc([C@H]2c3cc(O[C@H](C)C(=O)N4CCSCC4)ccc3CCN2C(=O)c2ccccc2)c1. The molecule has 186 valence electrons. The molecule has 2 heterocycles. The lowest BCUT2D eigenvalue weighted by Gasteiger charge is -2.38. The van der Waals surface area contributed by atoms with Crippen molar-refractivity contribution < 1.29 is 14.3 Å². The molecule has 0 aliphatic carbocycles. The van der Waals surface area contributed by atoms with Crippen molar-refractivity contribution in [2.75, 3.05) is 31.1 Å². The van der Waals surface area contributed by atoms with Crippen LogP contribution in [-0.4, -0.2) is 58.9 Å². The maximum absolute atomic E-state index is 13.6. The molecule has 2 aliphatic heterocycles. The molecular weight excluding hydrogens is 468 g/mol. The Kier molecular flexibility index (Phi) is 7.33. The minimum atomic E-state index is -0.561. The maximum atomic E-state index is 13.6. The lowest BCUT2D eigenvalue weighted by Crippen LogP contribution is -2.44. The van der Waals surface area contributed by atoms with Gasteiger partial charge in [-0.3, -0.25) is 9.59 Å². The third-order valence-corrected chi connectivity index (χ3v) is 7.91. The third kappa shape index (κ3) is 5.14. The summed E-state index contributed by atoms with van der Waals surface area (Å²) in [7, 11) is 0. The van der Waals surface area contributed by atoms with E-state index in [4.69, 9.17) is 4.74 Å². The van der Waals surface area contributed by atoms with Gasteiger partial charge in [-0.25, -0.2) is 0 Å². The summed E-state index contributed by atoms with van der Waals surface area (Å²) in [5.41, 5.74) is 5.18. The summed E-state index contributed by atoms with van der Waals surface area (Å²) in [6.45, 7) is 6.08. The monoisotopic (exact) mass is 500 g/mol. The van der Waals surface area contributed by atoms with Gasteiger partial charge in [0.05, 0.1) is 6.04 Å². The molecule has 3 aromatic rings. The minimum absolute atomic E-state index is 0.0191. The van der Waals surface area contributed by atoms with Crippen LogP contribution in [0.2, 0.25) is 0 Å². The highest BCUT2D eigenvalue weighted by molar-refractivity contribution is 7.99. The number of nitrogens with zero attached hydrogens (tertiary/aromatic N) is 2. The fourth-order valence-corrected chi connectivity index (χ4v) is 6.03. The van der Waals surface area contributed by atoms with Gasteiger partial charge in [-0.1, -0.05) is 54.1 Å². The first-order valence-electron chi connectivity index (χ1n) is 12.6. The van der Waals surface area contributed by atoms with E-state index in [1.807, 2.05) is 77.0 Å². The molecule has 2 amide bonds. The first-order chi connectivity index (χ1) is 17.5. The van der Waals surface area contributed by atoms with Crippen molar-refractivity contribution in [3.63, 3.8) is 0 Å². The molecule has 0 unspecified atom stereocenters. The summed E-state index contributed by atoms with van der Waals surface area (Å²) in [5, 5.41) is 0. The van der Waals surface area contributed by atoms with E-state index in [9.17, 15) is 9.59 Å². The second-order valence-electron chi connectivity index (χ2n) is 9.49. The van der Waals surface area contributed by atoms with Crippen molar-refractivity contribution in [2.24, 2.45) is 0 Å². The molecule has 6 heteroatoms. The van der Waals surface area contributed by atoms with Gasteiger partial charge in [-0.05, 0) is 61.2 Å². The van der Waals surface area contributed by atoms with Crippen LogP contribution >= 0.6 is 11.8 Å². The van der Waals surface area contributed by atoms with E-state index < -0.39 is 6.10 Å². The first kappa shape index (κ1) is 24.4. The smallest absolute Gasteiger partial charge is 0.263 e. The van der Waals surface area contributed by atoms with Crippen LogP contribution in [0.15, 0.2) is 72.8 Å². The molecule has 2 aliphatic rings. The number of rotatable bonds is 5. The molecule has 2 atom stereocenters. The number of hydrogen-bond donors (Lipinski definition) is 0. The molecule has 3 aromatic carbocycles. The molecule has 5 rings (SSSR count). The number of hydrogen-bond acceptors (Lipinski definition) is 4. The molecule has 1 fully saturated rings. The Hall–Kier alpha value is -3.25. The molecule has 0 aromatic heterocycles. The summed E-state index contributed by atoms with van der Waals surface area (Å²) in [4.78, 5) is 30.5. The normalized spacial score (nSPS) is 18.3. The molecule has 5 nitrogen and oxygen atoms in total. The predicted molar refractivity (Wildman–Crippen MR) is 145 cm³/mol. The summed E-state index contributed by atoms with van der Waals surface area (Å²) in [5.74, 6) is 2.66. The maximum Gasteiger partial charge on any atom is 0.263 e. The van der Waals surface area contributed by atoms with Gasteiger partial charge in [0.15, 0.2) is 6.10 Å². The largest absolute Gasteiger partial charge is 0.481 e. The molecule has 0 N–H and O–H groups in total. The number of carbonyl (C=O) groups excluding carboxylic acids is 2. The average Bonchev–Trinajstić information content (AvgIpc) is 2.92. The van der Waals surface area contributed by atoms with E-state index >= 15 is 0 Å². The van der Waals surface area contributed by atoms with Crippen LogP contribution < -0.4 is 4.74 Å². The highest BCUT2D eigenvalue weighted by atomic mass is 32.2. The number of aryl methyl sites for hydroxylation is 1. The first-order valence-corrected chi connectivity index (χ1v) is 13.8. The van der Waals surface area contributed by atoms with Gasteiger partial charge in [0.25, 0.3) is 11.8 Å². The summed E-state index contributed by atoms with van der Waals surface area (Å²) in [6, 6.07) is 23.7. The van der Waals surface area contributed by atoms with Crippen molar-refractivity contribution in [1.29, 1.82) is 0 Å². The van der Waals surface area contributed by atoms with Crippen molar-refractivity contribution in [1.82, 2.24) is 9.80 Å². The molecule has 0 radical (unpaired) electrons. The highest BCUT2D eigenvalue weighted by Gasteiger charge is 2.33. The zero-order valence-electron chi connectivity index (χ0n) is 20.9. The zero-order chi connectivity index (χ0) is 25.1. The van der Waals surface area contributed by atoms with Crippen molar-refractivity contribution >= 4 is 23.6 Å². The van der Waals surface area contributed by atoms with Gasteiger partial charge >= 0.3 is 0 Å². The minimum Gasteiger partial charge on any atom is -0.481 e. The Labute approximate surface area is 217 Å². The lowest BCUT2D eigenvalue weighted by atomic mass is 9.87. The van der Waals surface area contributed by atoms with Gasteiger partial charge < -0.3 is 14.5 Å². The Morgan fingerprint density at radius 2 is 1.72 bits per heavy atom. The van der Waals surface area contributed by atoms with Crippen molar-refractivity contribution in [2.45, 2.75) is 32.4 Å². The quantitative estimate of drug-likeness (QED) is 0.488. The number of thioether (sulfide) groups is 1. The van der Waals surface area contributed by atoms with Crippen LogP contribution in [-0.2, 0) is 11.2 Å². The fourth-order valence-electron chi connectivity index (χ4n) is 5.13. The Bertz CT molecular complexity index is 1240. The number of fused-ring (bicyclic) bond motifs is 1. The van der Waals surface area contributed by atoms with Crippen LogP contribution in [0, 0.1) is 6.92 Å². The molecular formula is C30H32N2O3S. The van der Waals surface area contributed by atoms with E-state index in [1.165, 1.54) is 5.56 Å². The van der Waals surface area contributed by atoms with E-state index in [1.54, 1.807) is 0 Å². The number of ether oxygens (including phenoxy) is 1. The molecule has 1 saturated heterocycles. The summed E-state index contributed by atoms with van der Waals surface area (Å²) < 4.78 is 6.18. The van der Waals surface area contributed by atoms with E-state index in [-0.39, 0.29) is 17.9 Å². The van der Waals surface area contributed by atoms with Crippen LogP contribution in [0.1, 0.15) is 45.6 Å². The van der Waals surface area contributed by atoms with Crippen LogP contribution in [0.25, 0.3) is 0 Å². The standard InChI is InChI=1S/C30H32N2O3S/c1-21-7-6-10-25(19-21)28-27-20-26(35-22(2)29(33)31-15-17-36-18-16-31)12-11-23(27)13-14-32(28)30(34)24-8-4-3-5-9-24/h3-12,19-20,22,28H,13-18H2,1-2H3/t22-,28+/m1/s1. The summed E-state index contributed by atoms with van der Waals surface area (Å²) >= 11 is 1.88. The number of carbonyl (C=O) groups is 2. The third-order valence-electron chi connectivity index (χ3n) is 6.97. The van der Waals surface area contributed by atoms with Crippen LogP contribution in [0.3, 0.4) is 0 Å². The molecule has 0 bridgehead atoms. The number of benzene rings is 3. The predicted octanol–water partition coefficient (Wildman–Crippen LogP) is 5.13. The molecule has 0 spiro atoms. The Morgan fingerprint density at radius 1 is 0.944 bits per heavy atom. The second-order valence-corrected chi connectivity index (χ2v) is 10.7. The van der Waals surface area contributed by atoms with E-state index in [0.717, 1.165) is 47.7 Å². The van der Waals surface area contributed by atoms with Crippen molar-refractivity contribution in [3.8, 4) is 5.75 Å². The Balaban J connectivity index is 1.47. The van der Waals surface area contributed by atoms with Gasteiger partial charge in [0.2, 0.25) is 0 Å². The van der Waals surface area contributed by atoms with Gasteiger partial charge in [0, 0.05) is 36.7 Å². The average molecular weight is 501 g/mol. The number of amides is 2.